The Labute approximate surface area is 115 Å². The van der Waals surface area contributed by atoms with Crippen molar-refractivity contribution >= 4 is 5.91 Å². The largest absolute Gasteiger partial charge is 0.393 e. The van der Waals surface area contributed by atoms with Crippen molar-refractivity contribution in [1.82, 2.24) is 5.32 Å². The highest BCUT2D eigenvalue weighted by atomic mass is 16.3. The van der Waals surface area contributed by atoms with Crippen LogP contribution < -0.4 is 5.32 Å². The molecule has 0 saturated heterocycles. The van der Waals surface area contributed by atoms with Crippen molar-refractivity contribution in [2.45, 2.75) is 45.1 Å². The molecule has 2 N–H and O–H groups in total. The van der Waals surface area contributed by atoms with E-state index in [0.29, 0.717) is 18.9 Å². The molecular formula is C16H23NO2. The summed E-state index contributed by atoms with van der Waals surface area (Å²) in [5, 5.41) is 12.4. The summed E-state index contributed by atoms with van der Waals surface area (Å²) in [5.41, 5.74) is 2.45. The van der Waals surface area contributed by atoms with Crippen LogP contribution in [0.1, 0.15) is 36.8 Å². The van der Waals surface area contributed by atoms with Gasteiger partial charge >= 0.3 is 0 Å². The van der Waals surface area contributed by atoms with Crippen molar-refractivity contribution < 1.29 is 9.90 Å². The van der Waals surface area contributed by atoms with Crippen LogP contribution in [0.3, 0.4) is 0 Å². The van der Waals surface area contributed by atoms with Crippen molar-refractivity contribution in [2.75, 3.05) is 6.54 Å². The fourth-order valence-electron chi connectivity index (χ4n) is 2.59. The molecule has 2 rings (SSSR count). The standard InChI is InChI=1S/C16H23NO2/c1-12-2-4-13(5-3-12)7-9-16(19)17-11-14-6-8-15(18)10-14/h2-5,14-15,18H,6-11H2,1H3,(H,17,19). The van der Waals surface area contributed by atoms with Crippen LogP contribution in [0.5, 0.6) is 0 Å². The number of carbonyl (C=O) groups is 1. The van der Waals surface area contributed by atoms with Crippen molar-refractivity contribution in [3.05, 3.63) is 35.4 Å². The van der Waals surface area contributed by atoms with Gasteiger partial charge in [0.2, 0.25) is 5.91 Å². The molecule has 2 unspecified atom stereocenters. The van der Waals surface area contributed by atoms with E-state index in [1.807, 2.05) is 0 Å². The van der Waals surface area contributed by atoms with Gasteiger partial charge in [0.1, 0.15) is 0 Å². The summed E-state index contributed by atoms with van der Waals surface area (Å²) in [6.07, 6.45) is 3.91. The number of carbonyl (C=O) groups excluding carboxylic acids is 1. The Bertz CT molecular complexity index is 413. The molecule has 0 spiro atoms. The van der Waals surface area contributed by atoms with Crippen LogP contribution in [0.15, 0.2) is 24.3 Å². The van der Waals surface area contributed by atoms with E-state index in [4.69, 9.17) is 0 Å². The monoisotopic (exact) mass is 261 g/mol. The Balaban J connectivity index is 1.65. The predicted octanol–water partition coefficient (Wildman–Crippen LogP) is 2.20. The highest BCUT2D eigenvalue weighted by Crippen LogP contribution is 2.24. The van der Waals surface area contributed by atoms with E-state index in [-0.39, 0.29) is 12.0 Å². The number of rotatable bonds is 5. The van der Waals surface area contributed by atoms with Gasteiger partial charge in [0, 0.05) is 13.0 Å². The molecule has 1 aliphatic rings. The minimum absolute atomic E-state index is 0.113. The number of aryl methyl sites for hydroxylation is 2. The molecule has 1 aliphatic carbocycles. The normalized spacial score (nSPS) is 22.4. The highest BCUT2D eigenvalue weighted by Gasteiger charge is 2.22. The molecule has 3 heteroatoms. The van der Waals surface area contributed by atoms with Gasteiger partial charge in [0.15, 0.2) is 0 Å². The number of aliphatic hydroxyl groups excluding tert-OH is 1. The van der Waals surface area contributed by atoms with Crippen LogP contribution in [0.2, 0.25) is 0 Å². The summed E-state index contributed by atoms with van der Waals surface area (Å²) in [6, 6.07) is 8.31. The molecule has 1 aromatic rings. The molecular weight excluding hydrogens is 238 g/mol. The highest BCUT2D eigenvalue weighted by molar-refractivity contribution is 5.76. The third-order valence-electron chi connectivity index (χ3n) is 3.86. The molecule has 1 saturated carbocycles. The Morgan fingerprint density at radius 3 is 2.68 bits per heavy atom. The summed E-state index contributed by atoms with van der Waals surface area (Å²) in [5.74, 6) is 0.570. The van der Waals surface area contributed by atoms with Gasteiger partial charge in [-0.15, -0.1) is 0 Å². The molecule has 1 fully saturated rings. The summed E-state index contributed by atoms with van der Waals surface area (Å²) < 4.78 is 0. The zero-order valence-electron chi connectivity index (χ0n) is 11.6. The van der Waals surface area contributed by atoms with Crippen molar-refractivity contribution in [3.63, 3.8) is 0 Å². The van der Waals surface area contributed by atoms with E-state index in [1.165, 1.54) is 11.1 Å². The average molecular weight is 261 g/mol. The molecule has 0 bridgehead atoms. The average Bonchev–Trinajstić information content (AvgIpc) is 2.81. The van der Waals surface area contributed by atoms with Crippen LogP contribution in [0, 0.1) is 12.8 Å². The molecule has 104 valence electrons. The van der Waals surface area contributed by atoms with Crippen LogP contribution >= 0.6 is 0 Å². The van der Waals surface area contributed by atoms with Gasteiger partial charge in [-0.3, -0.25) is 4.79 Å². The third-order valence-corrected chi connectivity index (χ3v) is 3.86. The van der Waals surface area contributed by atoms with E-state index >= 15 is 0 Å². The second-order valence-electron chi connectivity index (χ2n) is 5.62. The van der Waals surface area contributed by atoms with E-state index in [0.717, 1.165) is 25.7 Å². The summed E-state index contributed by atoms with van der Waals surface area (Å²) in [7, 11) is 0. The summed E-state index contributed by atoms with van der Waals surface area (Å²) in [4.78, 5) is 11.7. The van der Waals surface area contributed by atoms with Gasteiger partial charge in [0.25, 0.3) is 0 Å². The first-order valence-corrected chi connectivity index (χ1v) is 7.14. The molecule has 0 heterocycles. The maximum Gasteiger partial charge on any atom is 0.220 e. The van der Waals surface area contributed by atoms with Crippen molar-refractivity contribution in [3.8, 4) is 0 Å². The lowest BCUT2D eigenvalue weighted by Gasteiger charge is -2.10. The molecule has 1 aromatic carbocycles. The summed E-state index contributed by atoms with van der Waals surface area (Å²) >= 11 is 0. The van der Waals surface area contributed by atoms with E-state index < -0.39 is 0 Å². The molecule has 1 amide bonds. The number of aliphatic hydroxyl groups is 1. The quantitative estimate of drug-likeness (QED) is 0.853. The minimum atomic E-state index is -0.158. The first-order valence-electron chi connectivity index (χ1n) is 7.14. The molecule has 0 radical (unpaired) electrons. The lowest BCUT2D eigenvalue weighted by Crippen LogP contribution is -2.28. The molecule has 2 atom stereocenters. The van der Waals surface area contributed by atoms with Crippen molar-refractivity contribution in [2.24, 2.45) is 5.92 Å². The Morgan fingerprint density at radius 2 is 2.05 bits per heavy atom. The first-order chi connectivity index (χ1) is 9.13. The van der Waals surface area contributed by atoms with Crippen LogP contribution in [-0.4, -0.2) is 23.7 Å². The maximum absolute atomic E-state index is 11.7. The number of hydrogen-bond acceptors (Lipinski definition) is 2. The molecule has 3 nitrogen and oxygen atoms in total. The van der Waals surface area contributed by atoms with Crippen LogP contribution in [-0.2, 0) is 11.2 Å². The molecule has 0 aliphatic heterocycles. The van der Waals surface area contributed by atoms with Crippen molar-refractivity contribution in [1.29, 1.82) is 0 Å². The Morgan fingerprint density at radius 1 is 1.32 bits per heavy atom. The second-order valence-corrected chi connectivity index (χ2v) is 5.62. The maximum atomic E-state index is 11.7. The number of nitrogens with one attached hydrogen (secondary N) is 1. The second kappa shape index (κ2) is 6.71. The fraction of sp³-hybridized carbons (Fsp3) is 0.562. The van der Waals surface area contributed by atoms with E-state index in [9.17, 15) is 9.90 Å². The molecule has 0 aromatic heterocycles. The number of amides is 1. The lowest BCUT2D eigenvalue weighted by atomic mass is 10.1. The molecule has 19 heavy (non-hydrogen) atoms. The fourth-order valence-corrected chi connectivity index (χ4v) is 2.59. The Kier molecular flexibility index (Phi) is 4.97. The topological polar surface area (TPSA) is 49.3 Å². The van der Waals surface area contributed by atoms with Crippen LogP contribution in [0.4, 0.5) is 0 Å². The zero-order valence-corrected chi connectivity index (χ0v) is 11.6. The first kappa shape index (κ1) is 14.1. The zero-order chi connectivity index (χ0) is 13.7. The van der Waals surface area contributed by atoms with Gasteiger partial charge in [-0.2, -0.15) is 0 Å². The third kappa shape index (κ3) is 4.67. The lowest BCUT2D eigenvalue weighted by molar-refractivity contribution is -0.121. The van der Waals surface area contributed by atoms with E-state index in [1.54, 1.807) is 0 Å². The van der Waals surface area contributed by atoms with E-state index in [2.05, 4.69) is 36.5 Å². The number of benzene rings is 1. The minimum Gasteiger partial charge on any atom is -0.393 e. The predicted molar refractivity (Wildman–Crippen MR) is 75.9 cm³/mol. The van der Waals surface area contributed by atoms with Gasteiger partial charge < -0.3 is 10.4 Å². The Hall–Kier alpha value is -1.35. The van der Waals surface area contributed by atoms with Gasteiger partial charge in [-0.05, 0) is 44.1 Å². The van der Waals surface area contributed by atoms with Gasteiger partial charge in [-0.25, -0.2) is 0 Å². The van der Waals surface area contributed by atoms with Gasteiger partial charge in [-0.1, -0.05) is 29.8 Å². The summed E-state index contributed by atoms with van der Waals surface area (Å²) in [6.45, 7) is 2.77. The number of hydrogen-bond donors (Lipinski definition) is 2. The van der Waals surface area contributed by atoms with Gasteiger partial charge in [0.05, 0.1) is 6.10 Å². The smallest absolute Gasteiger partial charge is 0.220 e. The van der Waals surface area contributed by atoms with Crippen LogP contribution in [0.25, 0.3) is 0 Å². The SMILES string of the molecule is Cc1ccc(CCC(=O)NCC2CCC(O)C2)cc1.